The molecule has 11 heavy (non-hydrogen) atoms. The first kappa shape index (κ1) is 6.61. The molecule has 0 bridgehead atoms. The van der Waals surface area contributed by atoms with Crippen molar-refractivity contribution in [2.24, 2.45) is 0 Å². The lowest BCUT2D eigenvalue weighted by Crippen LogP contribution is -1.91. The summed E-state index contributed by atoms with van der Waals surface area (Å²) >= 11 is 5.93. The van der Waals surface area contributed by atoms with E-state index < -0.39 is 0 Å². The van der Waals surface area contributed by atoms with Gasteiger partial charge < -0.3 is 0 Å². The number of nitrogens with zero attached hydrogens (tertiary/aromatic N) is 3. The molecule has 0 aliphatic carbocycles. The van der Waals surface area contributed by atoms with Gasteiger partial charge in [0.05, 0.1) is 11.9 Å². The monoisotopic (exact) mass is 167 g/mol. The Kier molecular flexibility index (Phi) is 1.32. The number of halogens is 1. The van der Waals surface area contributed by atoms with Crippen LogP contribution in [0, 0.1) is 6.92 Å². The summed E-state index contributed by atoms with van der Waals surface area (Å²) in [5.41, 5.74) is 1.60. The minimum atomic E-state index is 0.625. The highest BCUT2D eigenvalue weighted by atomic mass is 35.5. The number of aromatic nitrogens is 3. The summed E-state index contributed by atoms with van der Waals surface area (Å²) in [6.07, 6.45) is 5.20. The summed E-state index contributed by atoms with van der Waals surface area (Å²) in [4.78, 5) is 8.10. The van der Waals surface area contributed by atoms with Gasteiger partial charge in [-0.05, 0) is 6.92 Å². The fourth-order valence-electron chi connectivity index (χ4n) is 0.959. The van der Waals surface area contributed by atoms with Crippen LogP contribution in [0.25, 0.3) is 5.65 Å². The van der Waals surface area contributed by atoms with Crippen LogP contribution in [0.1, 0.15) is 5.69 Å². The van der Waals surface area contributed by atoms with Crippen molar-refractivity contribution >= 4 is 17.2 Å². The fraction of sp³-hybridized carbons (Fsp3) is 0.143. The van der Waals surface area contributed by atoms with Gasteiger partial charge in [0.1, 0.15) is 5.15 Å². The first-order valence-electron chi connectivity index (χ1n) is 3.23. The van der Waals surface area contributed by atoms with Crippen LogP contribution in [0.15, 0.2) is 18.6 Å². The fourth-order valence-corrected chi connectivity index (χ4v) is 1.15. The number of fused-ring (bicyclic) bond motifs is 1. The number of rotatable bonds is 0. The van der Waals surface area contributed by atoms with E-state index in [1.165, 1.54) is 0 Å². The quantitative estimate of drug-likeness (QED) is 0.598. The first-order valence-corrected chi connectivity index (χ1v) is 3.61. The van der Waals surface area contributed by atoms with E-state index in [0.717, 1.165) is 11.3 Å². The summed E-state index contributed by atoms with van der Waals surface area (Å²) in [5.74, 6) is 0. The van der Waals surface area contributed by atoms with Crippen LogP contribution in [-0.4, -0.2) is 14.4 Å². The van der Waals surface area contributed by atoms with E-state index in [9.17, 15) is 0 Å². The van der Waals surface area contributed by atoms with E-state index in [-0.39, 0.29) is 0 Å². The molecule has 0 aliphatic rings. The standard InChI is InChI=1S/C7H6ClN3/c1-5-7(8)11-3-2-9-6(11)4-10-5/h2-4H,1H3. The van der Waals surface area contributed by atoms with E-state index in [1.807, 2.05) is 13.1 Å². The molecule has 0 saturated carbocycles. The minimum absolute atomic E-state index is 0.625. The number of imidazole rings is 1. The number of hydrogen-bond acceptors (Lipinski definition) is 2. The van der Waals surface area contributed by atoms with Crippen LogP contribution >= 0.6 is 11.6 Å². The molecule has 0 aromatic carbocycles. The van der Waals surface area contributed by atoms with Crippen LogP contribution < -0.4 is 0 Å². The molecule has 56 valence electrons. The second-order valence-corrected chi connectivity index (χ2v) is 2.65. The van der Waals surface area contributed by atoms with Gasteiger partial charge >= 0.3 is 0 Å². The normalized spacial score (nSPS) is 10.7. The maximum absolute atomic E-state index is 5.93. The molecular weight excluding hydrogens is 162 g/mol. The molecule has 0 aliphatic heterocycles. The van der Waals surface area contributed by atoms with Gasteiger partial charge in [0.25, 0.3) is 0 Å². The Labute approximate surface area is 68.7 Å². The molecular formula is C7H6ClN3. The third kappa shape index (κ3) is 0.886. The third-order valence-electron chi connectivity index (χ3n) is 1.55. The van der Waals surface area contributed by atoms with Gasteiger partial charge in [0.2, 0.25) is 0 Å². The van der Waals surface area contributed by atoms with Crippen molar-refractivity contribution in [2.45, 2.75) is 6.92 Å². The smallest absolute Gasteiger partial charge is 0.156 e. The first-order chi connectivity index (χ1) is 5.29. The zero-order valence-corrected chi connectivity index (χ0v) is 6.71. The topological polar surface area (TPSA) is 30.2 Å². The molecule has 0 saturated heterocycles. The van der Waals surface area contributed by atoms with E-state index in [0.29, 0.717) is 5.15 Å². The second kappa shape index (κ2) is 2.20. The summed E-state index contributed by atoms with van der Waals surface area (Å²) in [6, 6.07) is 0. The van der Waals surface area contributed by atoms with Crippen molar-refractivity contribution in [2.75, 3.05) is 0 Å². The maximum atomic E-state index is 5.93. The van der Waals surface area contributed by atoms with Crippen LogP contribution in [0.3, 0.4) is 0 Å². The van der Waals surface area contributed by atoms with Crippen LogP contribution in [0.2, 0.25) is 5.15 Å². The Morgan fingerprint density at radius 1 is 1.45 bits per heavy atom. The Morgan fingerprint density at radius 3 is 3.09 bits per heavy atom. The van der Waals surface area contributed by atoms with Crippen molar-refractivity contribution in [1.29, 1.82) is 0 Å². The lowest BCUT2D eigenvalue weighted by atomic mass is 10.5. The highest BCUT2D eigenvalue weighted by molar-refractivity contribution is 6.30. The van der Waals surface area contributed by atoms with Gasteiger partial charge in [0.15, 0.2) is 5.65 Å². The lowest BCUT2D eigenvalue weighted by molar-refractivity contribution is 1.07. The molecule has 4 heteroatoms. The zero-order valence-electron chi connectivity index (χ0n) is 5.95. The molecule has 0 spiro atoms. The van der Waals surface area contributed by atoms with Crippen molar-refractivity contribution in [3.63, 3.8) is 0 Å². The van der Waals surface area contributed by atoms with Crippen LogP contribution in [0.5, 0.6) is 0 Å². The van der Waals surface area contributed by atoms with Crippen molar-refractivity contribution in [1.82, 2.24) is 14.4 Å². The molecule has 0 N–H and O–H groups in total. The predicted molar refractivity (Wildman–Crippen MR) is 42.7 cm³/mol. The van der Waals surface area contributed by atoms with E-state index in [1.54, 1.807) is 16.8 Å². The Bertz CT molecular complexity index is 393. The summed E-state index contributed by atoms with van der Waals surface area (Å²) in [7, 11) is 0. The number of hydrogen-bond donors (Lipinski definition) is 0. The van der Waals surface area contributed by atoms with E-state index in [4.69, 9.17) is 11.6 Å². The molecule has 2 heterocycles. The predicted octanol–water partition coefficient (Wildman–Crippen LogP) is 1.69. The highest BCUT2D eigenvalue weighted by Crippen LogP contribution is 2.13. The molecule has 2 aromatic heterocycles. The molecule has 0 amide bonds. The average molecular weight is 168 g/mol. The Morgan fingerprint density at radius 2 is 2.27 bits per heavy atom. The van der Waals surface area contributed by atoms with Gasteiger partial charge in [-0.2, -0.15) is 0 Å². The molecule has 0 unspecified atom stereocenters. The maximum Gasteiger partial charge on any atom is 0.156 e. The van der Waals surface area contributed by atoms with Crippen molar-refractivity contribution in [3.8, 4) is 0 Å². The molecule has 2 rings (SSSR count). The van der Waals surface area contributed by atoms with Crippen LogP contribution in [0.4, 0.5) is 0 Å². The summed E-state index contributed by atoms with van der Waals surface area (Å²) in [5, 5.41) is 0.625. The molecule has 0 fully saturated rings. The number of aryl methyl sites for hydroxylation is 1. The van der Waals surface area contributed by atoms with Gasteiger partial charge in [-0.1, -0.05) is 11.6 Å². The van der Waals surface area contributed by atoms with E-state index in [2.05, 4.69) is 9.97 Å². The van der Waals surface area contributed by atoms with Gasteiger partial charge in [-0.3, -0.25) is 9.38 Å². The summed E-state index contributed by atoms with van der Waals surface area (Å²) in [6.45, 7) is 1.86. The van der Waals surface area contributed by atoms with E-state index >= 15 is 0 Å². The van der Waals surface area contributed by atoms with Gasteiger partial charge in [-0.25, -0.2) is 4.98 Å². The van der Waals surface area contributed by atoms with Gasteiger partial charge in [-0.15, -0.1) is 0 Å². The van der Waals surface area contributed by atoms with Crippen LogP contribution in [-0.2, 0) is 0 Å². The second-order valence-electron chi connectivity index (χ2n) is 2.29. The summed E-state index contributed by atoms with van der Waals surface area (Å²) < 4.78 is 1.80. The highest BCUT2D eigenvalue weighted by Gasteiger charge is 2.01. The SMILES string of the molecule is Cc1ncc2nccn2c1Cl. The van der Waals surface area contributed by atoms with Crippen molar-refractivity contribution in [3.05, 3.63) is 29.4 Å². The van der Waals surface area contributed by atoms with Crippen molar-refractivity contribution < 1.29 is 0 Å². The lowest BCUT2D eigenvalue weighted by Gasteiger charge is -1.98. The third-order valence-corrected chi connectivity index (χ3v) is 2.01. The Balaban J connectivity index is 2.93. The minimum Gasteiger partial charge on any atom is -0.287 e. The largest absolute Gasteiger partial charge is 0.287 e. The molecule has 3 nitrogen and oxygen atoms in total. The Hall–Kier alpha value is -1.09. The van der Waals surface area contributed by atoms with Gasteiger partial charge in [0, 0.05) is 12.4 Å². The molecule has 0 atom stereocenters. The molecule has 2 aromatic rings. The molecule has 0 radical (unpaired) electrons. The zero-order chi connectivity index (χ0) is 7.84. The average Bonchev–Trinajstić information content (AvgIpc) is 2.45.